The molecule has 0 unspecified atom stereocenters. The molecule has 0 bridgehead atoms. The van der Waals surface area contributed by atoms with Crippen molar-refractivity contribution in [2.24, 2.45) is 0 Å². The van der Waals surface area contributed by atoms with Gasteiger partial charge in [0.1, 0.15) is 5.75 Å². The van der Waals surface area contributed by atoms with E-state index in [4.69, 9.17) is 4.74 Å². The first-order chi connectivity index (χ1) is 13.9. The van der Waals surface area contributed by atoms with E-state index in [1.165, 1.54) is 12.1 Å². The largest absolute Gasteiger partial charge is 0.493 e. The summed E-state index contributed by atoms with van der Waals surface area (Å²) in [6.07, 6.45) is 0.184. The first kappa shape index (κ1) is 20.4. The number of sulfonamides is 1. The first-order valence-corrected chi connectivity index (χ1v) is 10.6. The maximum Gasteiger partial charge on any atom is 0.261 e. The van der Waals surface area contributed by atoms with E-state index in [9.17, 15) is 13.2 Å². The van der Waals surface area contributed by atoms with Crippen molar-refractivity contribution < 1.29 is 17.9 Å². The summed E-state index contributed by atoms with van der Waals surface area (Å²) in [5.41, 5.74) is 2.14. The second kappa shape index (κ2) is 9.25. The zero-order valence-electron chi connectivity index (χ0n) is 16.0. The van der Waals surface area contributed by atoms with Gasteiger partial charge in [-0.15, -0.1) is 0 Å². The maximum atomic E-state index is 12.4. The van der Waals surface area contributed by atoms with E-state index in [1.807, 2.05) is 31.2 Å². The van der Waals surface area contributed by atoms with Crippen molar-refractivity contribution in [1.29, 1.82) is 0 Å². The Morgan fingerprint density at radius 3 is 2.17 bits per heavy atom. The lowest BCUT2D eigenvalue weighted by Crippen LogP contribution is -2.16. The topological polar surface area (TPSA) is 84.5 Å². The molecule has 3 aromatic rings. The number of aryl methyl sites for hydroxylation is 1. The summed E-state index contributed by atoms with van der Waals surface area (Å²) in [6.45, 7) is 2.24. The number of anilines is 2. The molecule has 0 spiro atoms. The summed E-state index contributed by atoms with van der Waals surface area (Å²) in [5.74, 6) is 0.499. The van der Waals surface area contributed by atoms with Crippen molar-refractivity contribution >= 4 is 27.3 Å². The highest BCUT2D eigenvalue weighted by atomic mass is 32.2. The van der Waals surface area contributed by atoms with Crippen LogP contribution < -0.4 is 14.8 Å². The van der Waals surface area contributed by atoms with Crippen molar-refractivity contribution in [1.82, 2.24) is 0 Å². The third kappa shape index (κ3) is 6.08. The first-order valence-electron chi connectivity index (χ1n) is 9.10. The molecule has 150 valence electrons. The average Bonchev–Trinajstić information content (AvgIpc) is 2.70. The lowest BCUT2D eigenvalue weighted by atomic mass is 10.2. The Morgan fingerprint density at radius 2 is 1.52 bits per heavy atom. The molecule has 0 heterocycles. The molecule has 0 fully saturated rings. The zero-order chi connectivity index (χ0) is 20.7. The molecule has 0 aliphatic rings. The molecule has 29 heavy (non-hydrogen) atoms. The minimum Gasteiger partial charge on any atom is -0.493 e. The standard InChI is InChI=1S/C22H22N2O4S/c1-17-7-11-20(12-8-17)28-16-15-22(25)23-18-9-13-21(14-10-18)29(26,27)24-19-5-3-2-4-6-19/h2-14,24H,15-16H2,1H3,(H,23,25). The van der Waals surface area contributed by atoms with E-state index < -0.39 is 10.0 Å². The molecule has 1 amide bonds. The number of nitrogens with one attached hydrogen (secondary N) is 2. The maximum absolute atomic E-state index is 12.4. The van der Waals surface area contributed by atoms with Crippen molar-refractivity contribution in [3.05, 3.63) is 84.4 Å². The summed E-state index contributed by atoms with van der Waals surface area (Å²) >= 11 is 0. The highest BCUT2D eigenvalue weighted by Gasteiger charge is 2.14. The monoisotopic (exact) mass is 410 g/mol. The molecule has 0 aromatic heterocycles. The van der Waals surface area contributed by atoms with Crippen LogP contribution in [0.2, 0.25) is 0 Å². The molecule has 0 radical (unpaired) electrons. The van der Waals surface area contributed by atoms with Gasteiger partial charge in [-0.3, -0.25) is 9.52 Å². The van der Waals surface area contributed by atoms with Crippen LogP contribution in [0.1, 0.15) is 12.0 Å². The van der Waals surface area contributed by atoms with Crippen LogP contribution in [0.15, 0.2) is 83.8 Å². The van der Waals surface area contributed by atoms with Crippen molar-refractivity contribution in [2.45, 2.75) is 18.2 Å². The van der Waals surface area contributed by atoms with E-state index in [2.05, 4.69) is 10.0 Å². The van der Waals surface area contributed by atoms with Crippen LogP contribution in [0.4, 0.5) is 11.4 Å². The van der Waals surface area contributed by atoms with Crippen LogP contribution in [-0.2, 0) is 14.8 Å². The van der Waals surface area contributed by atoms with Crippen LogP contribution in [-0.4, -0.2) is 20.9 Å². The van der Waals surface area contributed by atoms with Gasteiger partial charge in [0.05, 0.1) is 17.9 Å². The molecule has 0 aliphatic carbocycles. The van der Waals surface area contributed by atoms with Gasteiger partial charge >= 0.3 is 0 Å². The number of carbonyl (C=O) groups is 1. The van der Waals surface area contributed by atoms with Gasteiger partial charge in [0.15, 0.2) is 0 Å². The third-order valence-corrected chi connectivity index (χ3v) is 5.49. The van der Waals surface area contributed by atoms with Gasteiger partial charge in [-0.2, -0.15) is 0 Å². The van der Waals surface area contributed by atoms with Gasteiger partial charge in [-0.05, 0) is 55.5 Å². The highest BCUT2D eigenvalue weighted by molar-refractivity contribution is 7.92. The Balaban J connectivity index is 1.51. The van der Waals surface area contributed by atoms with E-state index in [-0.39, 0.29) is 23.8 Å². The molecule has 3 aromatic carbocycles. The number of rotatable bonds is 8. The summed E-state index contributed by atoms with van der Waals surface area (Å²) in [4.78, 5) is 12.2. The number of ether oxygens (including phenoxy) is 1. The van der Waals surface area contributed by atoms with Gasteiger partial charge < -0.3 is 10.1 Å². The molecular weight excluding hydrogens is 388 g/mol. The Hall–Kier alpha value is -3.32. The van der Waals surface area contributed by atoms with Crippen LogP contribution in [0.5, 0.6) is 5.75 Å². The van der Waals surface area contributed by atoms with Crippen LogP contribution in [0.3, 0.4) is 0 Å². The zero-order valence-corrected chi connectivity index (χ0v) is 16.8. The molecule has 2 N–H and O–H groups in total. The SMILES string of the molecule is Cc1ccc(OCCC(=O)Nc2ccc(S(=O)(=O)Nc3ccccc3)cc2)cc1. The quantitative estimate of drug-likeness (QED) is 0.583. The molecule has 7 heteroatoms. The van der Waals surface area contributed by atoms with Crippen LogP contribution >= 0.6 is 0 Å². The fraction of sp³-hybridized carbons (Fsp3) is 0.136. The van der Waals surface area contributed by atoms with Crippen LogP contribution in [0.25, 0.3) is 0 Å². The predicted octanol–water partition coefficient (Wildman–Crippen LogP) is 4.20. The van der Waals surface area contributed by atoms with Gasteiger partial charge in [0.2, 0.25) is 5.91 Å². The van der Waals surface area contributed by atoms with E-state index in [0.29, 0.717) is 17.1 Å². The van der Waals surface area contributed by atoms with E-state index in [0.717, 1.165) is 5.56 Å². The molecule has 0 saturated heterocycles. The van der Waals surface area contributed by atoms with Crippen molar-refractivity contribution in [2.75, 3.05) is 16.6 Å². The average molecular weight is 410 g/mol. The van der Waals surface area contributed by atoms with Crippen LogP contribution in [0, 0.1) is 6.92 Å². The highest BCUT2D eigenvalue weighted by Crippen LogP contribution is 2.18. The summed E-state index contributed by atoms with van der Waals surface area (Å²) < 4.78 is 32.9. The lowest BCUT2D eigenvalue weighted by molar-refractivity contribution is -0.116. The normalized spacial score (nSPS) is 10.9. The van der Waals surface area contributed by atoms with E-state index in [1.54, 1.807) is 42.5 Å². The van der Waals surface area contributed by atoms with Gasteiger partial charge in [0.25, 0.3) is 10.0 Å². The number of hydrogen-bond acceptors (Lipinski definition) is 4. The Labute approximate surface area is 170 Å². The molecular formula is C22H22N2O4S. The van der Waals surface area contributed by atoms with E-state index >= 15 is 0 Å². The number of hydrogen-bond donors (Lipinski definition) is 2. The summed E-state index contributed by atoms with van der Waals surface area (Å²) in [7, 11) is -3.69. The van der Waals surface area contributed by atoms with Gasteiger partial charge in [0, 0.05) is 11.4 Å². The molecule has 6 nitrogen and oxygen atoms in total. The molecule has 0 aliphatic heterocycles. The molecule has 0 saturated carbocycles. The fourth-order valence-corrected chi connectivity index (χ4v) is 3.62. The number of benzene rings is 3. The lowest BCUT2D eigenvalue weighted by Gasteiger charge is -2.10. The number of amides is 1. The van der Waals surface area contributed by atoms with Crippen molar-refractivity contribution in [3.8, 4) is 5.75 Å². The fourth-order valence-electron chi connectivity index (χ4n) is 2.56. The minimum atomic E-state index is -3.69. The third-order valence-electron chi connectivity index (χ3n) is 4.09. The van der Waals surface area contributed by atoms with Crippen molar-refractivity contribution in [3.63, 3.8) is 0 Å². The Morgan fingerprint density at radius 1 is 0.862 bits per heavy atom. The Kier molecular flexibility index (Phi) is 6.51. The Bertz CT molecular complexity index is 1050. The molecule has 3 rings (SSSR count). The van der Waals surface area contributed by atoms with Gasteiger partial charge in [-0.1, -0.05) is 35.9 Å². The summed E-state index contributed by atoms with van der Waals surface area (Å²) in [6, 6.07) is 22.2. The van der Waals surface area contributed by atoms with Gasteiger partial charge in [-0.25, -0.2) is 8.42 Å². The minimum absolute atomic E-state index is 0.113. The predicted molar refractivity (Wildman–Crippen MR) is 114 cm³/mol. The molecule has 0 atom stereocenters. The second-order valence-corrected chi connectivity index (χ2v) is 8.14. The summed E-state index contributed by atoms with van der Waals surface area (Å²) in [5, 5.41) is 2.73. The number of para-hydroxylation sites is 1. The number of carbonyl (C=O) groups excluding carboxylic acids is 1. The second-order valence-electron chi connectivity index (χ2n) is 6.46. The smallest absolute Gasteiger partial charge is 0.261 e.